The smallest absolute Gasteiger partial charge is 0.101 e. The van der Waals surface area contributed by atoms with E-state index in [1.165, 1.54) is 16.0 Å². The first kappa shape index (κ1) is 15.5. The van der Waals surface area contributed by atoms with Crippen LogP contribution in [0.5, 0.6) is 0 Å². The minimum Gasteiger partial charge on any atom is -0.310 e. The Morgan fingerprint density at radius 3 is 2.65 bits per heavy atom. The summed E-state index contributed by atoms with van der Waals surface area (Å²) < 4.78 is 1.01. The number of pyridine rings is 1. The third kappa shape index (κ3) is 4.62. The summed E-state index contributed by atoms with van der Waals surface area (Å²) in [5.74, 6) is 0. The lowest BCUT2D eigenvalue weighted by Gasteiger charge is -2.11. The lowest BCUT2D eigenvalue weighted by atomic mass is 10.1. The molecule has 20 heavy (non-hydrogen) atoms. The van der Waals surface area contributed by atoms with Gasteiger partial charge in [-0.15, -0.1) is 0 Å². The Balaban J connectivity index is 2.06. The highest BCUT2D eigenvalue weighted by Crippen LogP contribution is 2.28. The van der Waals surface area contributed by atoms with Crippen molar-refractivity contribution in [3.8, 4) is 0 Å². The molecule has 1 aromatic heterocycles. The Morgan fingerprint density at radius 1 is 1.25 bits per heavy atom. The third-order valence-electron chi connectivity index (χ3n) is 2.94. The predicted molar refractivity (Wildman–Crippen MR) is 89.2 cm³/mol. The minimum atomic E-state index is 0.510. The summed E-state index contributed by atoms with van der Waals surface area (Å²) in [4.78, 5) is 5.62. The van der Waals surface area contributed by atoms with E-state index < -0.39 is 0 Å². The fraction of sp³-hybridized carbons (Fsp3) is 0.312. The summed E-state index contributed by atoms with van der Waals surface area (Å²) in [6.45, 7) is 7.42. The highest BCUT2D eigenvalue weighted by molar-refractivity contribution is 9.10. The Labute approximate surface area is 133 Å². The van der Waals surface area contributed by atoms with Crippen LogP contribution in [0, 0.1) is 6.92 Å². The van der Waals surface area contributed by atoms with Crippen LogP contribution in [-0.4, -0.2) is 11.0 Å². The van der Waals surface area contributed by atoms with E-state index in [9.17, 15) is 0 Å². The van der Waals surface area contributed by atoms with E-state index in [-0.39, 0.29) is 0 Å². The molecular formula is C16H19BrN2S. The van der Waals surface area contributed by atoms with Crippen molar-refractivity contribution < 1.29 is 0 Å². The van der Waals surface area contributed by atoms with Crippen LogP contribution in [0.3, 0.4) is 0 Å². The van der Waals surface area contributed by atoms with Crippen LogP contribution in [0.25, 0.3) is 0 Å². The Kier molecular flexibility index (Phi) is 5.64. The van der Waals surface area contributed by atoms with Crippen molar-refractivity contribution in [3.63, 3.8) is 0 Å². The predicted octanol–water partition coefficient (Wildman–Crippen LogP) is 4.80. The monoisotopic (exact) mass is 350 g/mol. The molecule has 1 aromatic carbocycles. The molecule has 4 heteroatoms. The Morgan fingerprint density at radius 2 is 2.05 bits per heavy atom. The van der Waals surface area contributed by atoms with Crippen molar-refractivity contribution >= 4 is 27.7 Å². The van der Waals surface area contributed by atoms with Gasteiger partial charge in [0.1, 0.15) is 5.03 Å². The number of aryl methyl sites for hydroxylation is 1. The molecule has 0 radical (unpaired) electrons. The number of hydrogen-bond donors (Lipinski definition) is 1. The summed E-state index contributed by atoms with van der Waals surface area (Å²) in [5.41, 5.74) is 2.67. The summed E-state index contributed by atoms with van der Waals surface area (Å²) >= 11 is 5.09. The van der Waals surface area contributed by atoms with Gasteiger partial charge in [-0.3, -0.25) is 0 Å². The molecule has 2 aromatic rings. The van der Waals surface area contributed by atoms with E-state index >= 15 is 0 Å². The van der Waals surface area contributed by atoms with Crippen molar-refractivity contribution in [1.29, 1.82) is 0 Å². The molecule has 0 aliphatic heterocycles. The molecule has 1 heterocycles. The normalized spacial score (nSPS) is 11.1. The number of halogens is 1. The minimum absolute atomic E-state index is 0.510. The zero-order valence-electron chi connectivity index (χ0n) is 12.0. The summed E-state index contributed by atoms with van der Waals surface area (Å²) in [6, 6.07) is 11.1. The molecule has 0 saturated carbocycles. The van der Waals surface area contributed by atoms with Gasteiger partial charge in [0, 0.05) is 28.2 Å². The first-order valence-electron chi connectivity index (χ1n) is 6.67. The van der Waals surface area contributed by atoms with Crippen LogP contribution in [0.4, 0.5) is 0 Å². The zero-order valence-corrected chi connectivity index (χ0v) is 14.4. The van der Waals surface area contributed by atoms with Gasteiger partial charge in [0.25, 0.3) is 0 Å². The largest absolute Gasteiger partial charge is 0.310 e. The molecule has 0 atom stereocenters. The Hall–Kier alpha value is -0.840. The number of aromatic nitrogens is 1. The average molecular weight is 351 g/mol. The number of rotatable bonds is 5. The molecule has 0 unspecified atom stereocenters. The van der Waals surface area contributed by atoms with E-state index in [1.807, 2.05) is 18.3 Å². The van der Waals surface area contributed by atoms with Crippen LogP contribution >= 0.6 is 27.7 Å². The van der Waals surface area contributed by atoms with Crippen molar-refractivity contribution in [3.05, 3.63) is 52.1 Å². The SMILES string of the molecule is Cc1cc(Sc2ccc(Br)cn2)ccc1CNC(C)C. The van der Waals surface area contributed by atoms with Gasteiger partial charge >= 0.3 is 0 Å². The number of nitrogens with zero attached hydrogens (tertiary/aromatic N) is 1. The topological polar surface area (TPSA) is 24.9 Å². The average Bonchev–Trinajstić information content (AvgIpc) is 2.40. The molecule has 0 aliphatic carbocycles. The van der Waals surface area contributed by atoms with Gasteiger partial charge in [-0.1, -0.05) is 31.7 Å². The first-order chi connectivity index (χ1) is 9.54. The Bertz CT molecular complexity index is 567. The fourth-order valence-corrected chi connectivity index (χ4v) is 2.88. The molecule has 0 saturated heterocycles. The first-order valence-corrected chi connectivity index (χ1v) is 8.28. The molecule has 0 spiro atoms. The van der Waals surface area contributed by atoms with E-state index in [2.05, 4.69) is 65.2 Å². The highest BCUT2D eigenvalue weighted by atomic mass is 79.9. The summed E-state index contributed by atoms with van der Waals surface area (Å²) in [7, 11) is 0. The second kappa shape index (κ2) is 7.25. The summed E-state index contributed by atoms with van der Waals surface area (Å²) in [5, 5.41) is 4.47. The van der Waals surface area contributed by atoms with Crippen molar-refractivity contribution in [2.45, 2.75) is 43.3 Å². The van der Waals surface area contributed by atoms with Crippen LogP contribution in [0.15, 0.2) is 50.9 Å². The quantitative estimate of drug-likeness (QED) is 0.837. The maximum atomic E-state index is 4.39. The van der Waals surface area contributed by atoms with Crippen molar-refractivity contribution in [2.24, 2.45) is 0 Å². The van der Waals surface area contributed by atoms with Gasteiger partial charge in [-0.2, -0.15) is 0 Å². The molecule has 1 N–H and O–H groups in total. The van der Waals surface area contributed by atoms with Crippen LogP contribution in [-0.2, 0) is 6.54 Å². The fourth-order valence-electron chi connectivity index (χ4n) is 1.79. The molecular weight excluding hydrogens is 332 g/mol. The molecule has 0 aliphatic rings. The second-order valence-electron chi connectivity index (χ2n) is 5.04. The lowest BCUT2D eigenvalue weighted by Crippen LogP contribution is -2.22. The lowest BCUT2D eigenvalue weighted by molar-refractivity contribution is 0.587. The molecule has 0 amide bonds. The second-order valence-corrected chi connectivity index (χ2v) is 7.05. The van der Waals surface area contributed by atoms with Gasteiger partial charge in [-0.05, 0) is 58.2 Å². The van der Waals surface area contributed by atoms with Crippen LogP contribution in [0.2, 0.25) is 0 Å². The number of nitrogens with one attached hydrogen (secondary N) is 1. The zero-order chi connectivity index (χ0) is 14.5. The van der Waals surface area contributed by atoms with E-state index in [1.54, 1.807) is 11.8 Å². The maximum Gasteiger partial charge on any atom is 0.101 e. The molecule has 0 bridgehead atoms. The van der Waals surface area contributed by atoms with Gasteiger partial charge in [0.15, 0.2) is 0 Å². The highest BCUT2D eigenvalue weighted by Gasteiger charge is 2.03. The van der Waals surface area contributed by atoms with Crippen molar-refractivity contribution in [1.82, 2.24) is 10.3 Å². The molecule has 2 nitrogen and oxygen atoms in total. The van der Waals surface area contributed by atoms with Gasteiger partial charge < -0.3 is 5.32 Å². The number of hydrogen-bond acceptors (Lipinski definition) is 3. The molecule has 0 fully saturated rings. The van der Waals surface area contributed by atoms with Crippen LogP contribution < -0.4 is 5.32 Å². The van der Waals surface area contributed by atoms with Gasteiger partial charge in [0.05, 0.1) is 0 Å². The maximum absolute atomic E-state index is 4.39. The summed E-state index contributed by atoms with van der Waals surface area (Å²) in [6.07, 6.45) is 1.83. The molecule has 2 rings (SSSR count). The van der Waals surface area contributed by atoms with Gasteiger partial charge in [0.2, 0.25) is 0 Å². The van der Waals surface area contributed by atoms with E-state index in [0.717, 1.165) is 16.0 Å². The third-order valence-corrected chi connectivity index (χ3v) is 4.35. The van der Waals surface area contributed by atoms with Crippen molar-refractivity contribution in [2.75, 3.05) is 0 Å². The standard InChI is InChI=1S/C16H19BrN2S/c1-11(2)18-9-13-4-6-15(8-12(13)3)20-16-7-5-14(17)10-19-16/h4-8,10-11,18H,9H2,1-3H3. The molecule has 106 valence electrons. The van der Waals surface area contributed by atoms with E-state index in [0.29, 0.717) is 6.04 Å². The number of benzene rings is 1. The van der Waals surface area contributed by atoms with E-state index in [4.69, 9.17) is 0 Å². The van der Waals surface area contributed by atoms with Gasteiger partial charge in [-0.25, -0.2) is 4.98 Å². The van der Waals surface area contributed by atoms with Crippen LogP contribution in [0.1, 0.15) is 25.0 Å².